The molecule has 1 aromatic rings. The van der Waals surface area contributed by atoms with Crippen LogP contribution in [0.1, 0.15) is 42.6 Å². The Labute approximate surface area is 115 Å². The number of rotatable bonds is 7. The predicted octanol–water partition coefficient (Wildman–Crippen LogP) is 3.23. The summed E-state index contributed by atoms with van der Waals surface area (Å²) in [6, 6.07) is 3.57. The number of carboxylic acid groups (broad SMARTS) is 1. The fourth-order valence-corrected chi connectivity index (χ4v) is 2.24. The van der Waals surface area contributed by atoms with Crippen molar-refractivity contribution in [3.05, 3.63) is 23.3 Å². The monoisotopic (exact) mass is 264 g/mol. The number of unbranched alkanes of at least 4 members (excludes halogenated alkanes) is 1. The summed E-state index contributed by atoms with van der Waals surface area (Å²) in [4.78, 5) is 13.2. The van der Waals surface area contributed by atoms with Gasteiger partial charge < -0.3 is 15.3 Å². The Morgan fingerprint density at radius 3 is 2.47 bits per heavy atom. The highest BCUT2D eigenvalue weighted by Crippen LogP contribution is 2.31. The van der Waals surface area contributed by atoms with Crippen LogP contribution in [0.3, 0.4) is 0 Å². The van der Waals surface area contributed by atoms with Crippen molar-refractivity contribution in [2.45, 2.75) is 33.1 Å². The van der Waals surface area contributed by atoms with Crippen molar-refractivity contribution in [3.8, 4) is 0 Å². The molecule has 0 amide bonds. The topological polar surface area (TPSA) is 52.6 Å². The molecule has 0 saturated carbocycles. The molecule has 0 radical (unpaired) electrons. The van der Waals surface area contributed by atoms with Crippen LogP contribution in [-0.4, -0.2) is 31.7 Å². The van der Waals surface area contributed by atoms with Gasteiger partial charge >= 0.3 is 5.97 Å². The molecule has 0 atom stereocenters. The average molecular weight is 264 g/mol. The van der Waals surface area contributed by atoms with Gasteiger partial charge in [0.15, 0.2) is 0 Å². The maximum Gasteiger partial charge on any atom is 0.337 e. The van der Waals surface area contributed by atoms with Crippen LogP contribution in [0.5, 0.6) is 0 Å². The fraction of sp³-hybridized carbons (Fsp3) is 0.533. The van der Waals surface area contributed by atoms with Gasteiger partial charge in [-0.15, -0.1) is 0 Å². The largest absolute Gasteiger partial charge is 0.478 e. The molecule has 0 bridgehead atoms. The number of nitrogens with one attached hydrogen (secondary N) is 1. The maximum atomic E-state index is 11.3. The molecule has 0 unspecified atom stereocenters. The Hall–Kier alpha value is -1.71. The molecule has 4 nitrogen and oxygen atoms in total. The van der Waals surface area contributed by atoms with E-state index >= 15 is 0 Å². The van der Waals surface area contributed by atoms with Gasteiger partial charge in [0.2, 0.25) is 0 Å². The molecular formula is C15H24N2O2. The average Bonchev–Trinajstić information content (AvgIpc) is 2.37. The van der Waals surface area contributed by atoms with Gasteiger partial charge in [-0.1, -0.05) is 20.3 Å². The smallest absolute Gasteiger partial charge is 0.337 e. The van der Waals surface area contributed by atoms with Gasteiger partial charge in [0.05, 0.1) is 11.3 Å². The number of carboxylic acids is 1. The summed E-state index contributed by atoms with van der Waals surface area (Å²) in [7, 11) is 3.77. The molecule has 0 heterocycles. The standard InChI is InChI=1S/C15H24N2O2/c1-5-7-10-16-13-9-8-12(15(18)19)14(17(3)4)11(13)6-2/h8-9,16H,5-7,10H2,1-4H3,(H,18,19). The molecule has 0 aliphatic rings. The SMILES string of the molecule is CCCCNc1ccc(C(=O)O)c(N(C)C)c1CC. The van der Waals surface area contributed by atoms with Crippen LogP contribution in [0, 0.1) is 0 Å². The minimum atomic E-state index is -0.876. The van der Waals surface area contributed by atoms with E-state index in [0.29, 0.717) is 5.56 Å². The third-order valence-electron chi connectivity index (χ3n) is 3.16. The van der Waals surface area contributed by atoms with Crippen molar-refractivity contribution in [1.82, 2.24) is 0 Å². The lowest BCUT2D eigenvalue weighted by atomic mass is 10.0. The minimum absolute atomic E-state index is 0.364. The second-order valence-electron chi connectivity index (χ2n) is 4.82. The number of anilines is 2. The van der Waals surface area contributed by atoms with Crippen LogP contribution in [-0.2, 0) is 6.42 Å². The molecule has 0 fully saturated rings. The van der Waals surface area contributed by atoms with Crippen LogP contribution >= 0.6 is 0 Å². The van der Waals surface area contributed by atoms with E-state index in [9.17, 15) is 9.90 Å². The van der Waals surface area contributed by atoms with E-state index in [0.717, 1.165) is 42.7 Å². The highest BCUT2D eigenvalue weighted by atomic mass is 16.4. The second-order valence-corrected chi connectivity index (χ2v) is 4.82. The molecule has 0 aromatic heterocycles. The molecule has 0 aliphatic carbocycles. The zero-order valence-electron chi connectivity index (χ0n) is 12.3. The fourth-order valence-electron chi connectivity index (χ4n) is 2.24. The van der Waals surface area contributed by atoms with E-state index in [1.54, 1.807) is 6.07 Å². The Morgan fingerprint density at radius 2 is 2.00 bits per heavy atom. The first-order valence-electron chi connectivity index (χ1n) is 6.83. The predicted molar refractivity (Wildman–Crippen MR) is 80.5 cm³/mol. The molecule has 1 rings (SSSR count). The molecule has 106 valence electrons. The maximum absolute atomic E-state index is 11.3. The number of aromatic carboxylic acids is 1. The molecular weight excluding hydrogens is 240 g/mol. The van der Waals surface area contributed by atoms with Crippen LogP contribution in [0.15, 0.2) is 12.1 Å². The second kappa shape index (κ2) is 7.02. The lowest BCUT2D eigenvalue weighted by molar-refractivity contribution is 0.0697. The summed E-state index contributed by atoms with van der Waals surface area (Å²) in [5, 5.41) is 12.7. The van der Waals surface area contributed by atoms with Gasteiger partial charge in [0.1, 0.15) is 0 Å². The van der Waals surface area contributed by atoms with Gasteiger partial charge in [-0.3, -0.25) is 0 Å². The van der Waals surface area contributed by atoms with E-state index in [2.05, 4.69) is 19.2 Å². The number of hydrogen-bond acceptors (Lipinski definition) is 3. The van der Waals surface area contributed by atoms with Crippen LogP contribution in [0.25, 0.3) is 0 Å². The third kappa shape index (κ3) is 3.63. The molecule has 19 heavy (non-hydrogen) atoms. The summed E-state index contributed by atoms with van der Waals surface area (Å²) >= 11 is 0. The Bertz CT molecular complexity index is 442. The summed E-state index contributed by atoms with van der Waals surface area (Å²) < 4.78 is 0. The number of hydrogen-bond donors (Lipinski definition) is 2. The first-order chi connectivity index (χ1) is 9.02. The quantitative estimate of drug-likeness (QED) is 0.742. The molecule has 4 heteroatoms. The lowest BCUT2D eigenvalue weighted by Crippen LogP contribution is -2.17. The zero-order valence-corrected chi connectivity index (χ0v) is 12.3. The molecule has 0 saturated heterocycles. The van der Waals surface area contributed by atoms with E-state index in [1.807, 2.05) is 25.1 Å². The van der Waals surface area contributed by atoms with Gasteiger partial charge in [-0.05, 0) is 30.5 Å². The summed E-state index contributed by atoms with van der Waals surface area (Å²) in [5.41, 5.74) is 3.28. The van der Waals surface area contributed by atoms with Gasteiger partial charge in [-0.2, -0.15) is 0 Å². The summed E-state index contributed by atoms with van der Waals surface area (Å²) in [5.74, 6) is -0.876. The minimum Gasteiger partial charge on any atom is -0.478 e. The molecule has 2 N–H and O–H groups in total. The van der Waals surface area contributed by atoms with Crippen molar-refractivity contribution >= 4 is 17.3 Å². The normalized spacial score (nSPS) is 10.3. The van der Waals surface area contributed by atoms with Gasteiger partial charge in [0, 0.05) is 26.3 Å². The van der Waals surface area contributed by atoms with Crippen LogP contribution < -0.4 is 10.2 Å². The summed E-state index contributed by atoms with van der Waals surface area (Å²) in [6.45, 7) is 5.13. The number of nitrogens with zero attached hydrogens (tertiary/aromatic N) is 1. The summed E-state index contributed by atoms with van der Waals surface area (Å²) in [6.07, 6.45) is 3.06. The number of benzene rings is 1. The van der Waals surface area contributed by atoms with E-state index < -0.39 is 5.97 Å². The third-order valence-corrected chi connectivity index (χ3v) is 3.16. The zero-order chi connectivity index (χ0) is 14.4. The highest BCUT2D eigenvalue weighted by molar-refractivity contribution is 5.96. The highest BCUT2D eigenvalue weighted by Gasteiger charge is 2.17. The van der Waals surface area contributed by atoms with Crippen molar-refractivity contribution in [2.24, 2.45) is 0 Å². The molecule has 0 spiro atoms. The Kier molecular flexibility index (Phi) is 5.67. The lowest BCUT2D eigenvalue weighted by Gasteiger charge is -2.22. The van der Waals surface area contributed by atoms with E-state index in [-0.39, 0.29) is 0 Å². The van der Waals surface area contributed by atoms with Crippen molar-refractivity contribution in [1.29, 1.82) is 0 Å². The molecule has 1 aromatic carbocycles. The van der Waals surface area contributed by atoms with E-state index in [1.165, 1.54) is 0 Å². The first-order valence-corrected chi connectivity index (χ1v) is 6.83. The molecule has 0 aliphatic heterocycles. The van der Waals surface area contributed by atoms with Crippen molar-refractivity contribution in [2.75, 3.05) is 30.9 Å². The first kappa shape index (κ1) is 15.3. The van der Waals surface area contributed by atoms with Gasteiger partial charge in [0.25, 0.3) is 0 Å². The Balaban J connectivity index is 3.20. The number of carbonyl (C=O) groups is 1. The van der Waals surface area contributed by atoms with Crippen LogP contribution in [0.2, 0.25) is 0 Å². The van der Waals surface area contributed by atoms with Gasteiger partial charge in [-0.25, -0.2) is 4.79 Å². The van der Waals surface area contributed by atoms with Crippen molar-refractivity contribution < 1.29 is 9.90 Å². The van der Waals surface area contributed by atoms with E-state index in [4.69, 9.17) is 0 Å². The van der Waals surface area contributed by atoms with Crippen LogP contribution in [0.4, 0.5) is 11.4 Å². The Morgan fingerprint density at radius 1 is 1.32 bits per heavy atom. The van der Waals surface area contributed by atoms with Crippen molar-refractivity contribution in [3.63, 3.8) is 0 Å².